The Labute approximate surface area is 128 Å². The lowest BCUT2D eigenvalue weighted by Crippen LogP contribution is -2.41. The van der Waals surface area contributed by atoms with Crippen molar-refractivity contribution in [3.63, 3.8) is 0 Å². The molecule has 1 fully saturated rings. The number of aryl methyl sites for hydroxylation is 1. The quantitative estimate of drug-likeness (QED) is 0.908. The molecule has 3 heterocycles. The van der Waals surface area contributed by atoms with Crippen LogP contribution in [-0.4, -0.2) is 42.7 Å². The zero-order valence-electron chi connectivity index (χ0n) is 10.9. The predicted molar refractivity (Wildman–Crippen MR) is 84.5 cm³/mol. The maximum absolute atomic E-state index is 12.6. The van der Waals surface area contributed by atoms with Crippen LogP contribution in [0.3, 0.4) is 0 Å². The number of rotatable bonds is 2. The Hall–Kier alpha value is -0.230. The normalized spacial score (nSPS) is 25.5. The minimum Gasteiger partial charge on any atom is -0.340 e. The van der Waals surface area contributed by atoms with E-state index in [1.165, 1.54) is 10.4 Å². The van der Waals surface area contributed by atoms with Gasteiger partial charge in [0, 0.05) is 24.5 Å². The number of thioether (sulfide) groups is 1. The highest BCUT2D eigenvalue weighted by atomic mass is 35.5. The van der Waals surface area contributed by atoms with Crippen molar-refractivity contribution < 1.29 is 4.79 Å². The lowest BCUT2D eigenvalue weighted by molar-refractivity contribution is -0.131. The summed E-state index contributed by atoms with van der Waals surface area (Å²) in [5, 5.41) is 5.48. The van der Waals surface area contributed by atoms with Crippen LogP contribution >= 0.6 is 35.5 Å². The first-order valence-electron chi connectivity index (χ1n) is 6.42. The molecule has 0 radical (unpaired) electrons. The zero-order chi connectivity index (χ0) is 12.5. The van der Waals surface area contributed by atoms with E-state index in [9.17, 15) is 4.79 Å². The van der Waals surface area contributed by atoms with Crippen LogP contribution in [0.2, 0.25) is 0 Å². The number of thiophene rings is 1. The van der Waals surface area contributed by atoms with Crippen LogP contribution in [0.15, 0.2) is 11.4 Å². The number of nitrogens with one attached hydrogen (secondary N) is 1. The van der Waals surface area contributed by atoms with Crippen LogP contribution in [-0.2, 0) is 11.2 Å². The van der Waals surface area contributed by atoms with Crippen LogP contribution in [0.25, 0.3) is 0 Å². The van der Waals surface area contributed by atoms with Gasteiger partial charge in [-0.1, -0.05) is 0 Å². The van der Waals surface area contributed by atoms with Gasteiger partial charge in [-0.3, -0.25) is 4.79 Å². The van der Waals surface area contributed by atoms with Gasteiger partial charge in [0.05, 0.1) is 0 Å². The van der Waals surface area contributed by atoms with Gasteiger partial charge in [0.1, 0.15) is 5.25 Å². The van der Waals surface area contributed by atoms with Crippen molar-refractivity contribution in [3.8, 4) is 0 Å². The lowest BCUT2D eigenvalue weighted by atomic mass is 10.1. The first-order chi connectivity index (χ1) is 8.77. The smallest absolute Gasteiger partial charge is 0.240 e. The summed E-state index contributed by atoms with van der Waals surface area (Å²) in [5.74, 6) is 1.36. The van der Waals surface area contributed by atoms with Crippen molar-refractivity contribution in [2.24, 2.45) is 0 Å². The van der Waals surface area contributed by atoms with E-state index >= 15 is 0 Å². The molecule has 6 heteroatoms. The van der Waals surface area contributed by atoms with Crippen molar-refractivity contribution in [1.29, 1.82) is 0 Å². The maximum Gasteiger partial charge on any atom is 0.240 e. The van der Waals surface area contributed by atoms with E-state index in [1.807, 2.05) is 11.9 Å². The van der Waals surface area contributed by atoms with E-state index in [1.54, 1.807) is 23.1 Å². The summed E-state index contributed by atoms with van der Waals surface area (Å²) in [5.41, 5.74) is 1.26. The standard InChI is InChI=1S/C13H18N2OS2.ClH/c1-15(9-2-5-14-8-9)13(16)12-10-3-6-17-11(10)4-7-18-12;/h3,6,9,12,14H,2,4-5,7-8H2,1H3;1H. The number of likely N-dealkylation sites (N-methyl/N-ethyl adjacent to an activating group) is 1. The molecular weight excluding hydrogens is 300 g/mol. The van der Waals surface area contributed by atoms with Gasteiger partial charge in [-0.2, -0.15) is 0 Å². The molecule has 2 atom stereocenters. The Morgan fingerprint density at radius 2 is 2.37 bits per heavy atom. The third-order valence-electron chi connectivity index (χ3n) is 3.83. The Balaban J connectivity index is 0.00000133. The fraction of sp³-hybridized carbons (Fsp3) is 0.615. The number of fused-ring (bicyclic) bond motifs is 1. The van der Waals surface area contributed by atoms with Gasteiger partial charge in [0.25, 0.3) is 0 Å². The van der Waals surface area contributed by atoms with Crippen LogP contribution in [0.5, 0.6) is 0 Å². The highest BCUT2D eigenvalue weighted by molar-refractivity contribution is 8.00. The molecule has 0 aliphatic carbocycles. The molecule has 0 aromatic carbocycles. The van der Waals surface area contributed by atoms with Gasteiger partial charge in [-0.25, -0.2) is 0 Å². The average molecular weight is 319 g/mol. The molecule has 0 saturated carbocycles. The topological polar surface area (TPSA) is 32.3 Å². The van der Waals surface area contributed by atoms with E-state index in [4.69, 9.17) is 0 Å². The largest absolute Gasteiger partial charge is 0.340 e. The molecule has 19 heavy (non-hydrogen) atoms. The van der Waals surface area contributed by atoms with E-state index in [0.29, 0.717) is 6.04 Å². The summed E-state index contributed by atoms with van der Waals surface area (Å²) in [7, 11) is 1.96. The summed E-state index contributed by atoms with van der Waals surface area (Å²) >= 11 is 3.59. The molecule has 1 N–H and O–H groups in total. The minimum atomic E-state index is 0. The van der Waals surface area contributed by atoms with Gasteiger partial charge < -0.3 is 10.2 Å². The number of hydrogen-bond acceptors (Lipinski definition) is 4. The van der Waals surface area contributed by atoms with Gasteiger partial charge in [0.2, 0.25) is 5.91 Å². The molecule has 2 aliphatic rings. The highest BCUT2D eigenvalue weighted by Gasteiger charge is 2.33. The number of nitrogens with zero attached hydrogens (tertiary/aromatic N) is 1. The predicted octanol–water partition coefficient (Wildman–Crippen LogP) is 2.32. The van der Waals surface area contributed by atoms with Crippen molar-refractivity contribution >= 4 is 41.4 Å². The minimum absolute atomic E-state index is 0. The third-order valence-corrected chi connectivity index (χ3v) is 6.06. The highest BCUT2D eigenvalue weighted by Crippen LogP contribution is 2.40. The van der Waals surface area contributed by atoms with Gasteiger partial charge >= 0.3 is 0 Å². The molecule has 0 bridgehead atoms. The number of halogens is 1. The molecular formula is C13H19ClN2OS2. The van der Waals surface area contributed by atoms with Crippen molar-refractivity contribution in [1.82, 2.24) is 10.2 Å². The van der Waals surface area contributed by atoms with Crippen LogP contribution < -0.4 is 5.32 Å². The molecule has 1 aromatic heterocycles. The summed E-state index contributed by atoms with van der Waals surface area (Å²) in [4.78, 5) is 16.0. The lowest BCUT2D eigenvalue weighted by Gasteiger charge is -2.30. The first-order valence-corrected chi connectivity index (χ1v) is 8.35. The SMILES string of the molecule is CN(C(=O)C1SCCc2sccc21)C1CCNC1.Cl. The third kappa shape index (κ3) is 2.94. The van der Waals surface area contributed by atoms with Crippen LogP contribution in [0.4, 0.5) is 0 Å². The second kappa shape index (κ2) is 6.48. The second-order valence-corrected chi connectivity index (χ2v) is 7.11. The number of amides is 1. The van der Waals surface area contributed by atoms with Gasteiger partial charge in [-0.15, -0.1) is 35.5 Å². The Morgan fingerprint density at radius 1 is 1.53 bits per heavy atom. The first kappa shape index (κ1) is 15.2. The van der Waals surface area contributed by atoms with E-state index in [2.05, 4.69) is 16.8 Å². The summed E-state index contributed by atoms with van der Waals surface area (Å²) in [6.07, 6.45) is 2.20. The maximum atomic E-state index is 12.6. The van der Waals surface area contributed by atoms with E-state index in [-0.39, 0.29) is 23.6 Å². The summed E-state index contributed by atoms with van der Waals surface area (Å²) in [6.45, 7) is 1.97. The van der Waals surface area contributed by atoms with Crippen molar-refractivity contribution in [3.05, 3.63) is 21.9 Å². The molecule has 3 rings (SSSR count). The summed E-state index contributed by atoms with van der Waals surface area (Å²) in [6, 6.07) is 2.51. The molecule has 2 aliphatic heterocycles. The molecule has 1 aromatic rings. The number of hydrogen-bond donors (Lipinski definition) is 1. The molecule has 2 unspecified atom stereocenters. The molecule has 1 saturated heterocycles. The Bertz CT molecular complexity index is 446. The molecule has 3 nitrogen and oxygen atoms in total. The fourth-order valence-electron chi connectivity index (χ4n) is 2.69. The van der Waals surface area contributed by atoms with Gasteiger partial charge in [-0.05, 0) is 42.1 Å². The van der Waals surface area contributed by atoms with Crippen molar-refractivity contribution in [2.45, 2.75) is 24.1 Å². The Kier molecular flexibility index (Phi) is 5.17. The second-order valence-electron chi connectivity index (χ2n) is 4.90. The number of carbonyl (C=O) groups excluding carboxylic acids is 1. The van der Waals surface area contributed by atoms with Crippen LogP contribution in [0.1, 0.15) is 22.1 Å². The van der Waals surface area contributed by atoms with E-state index in [0.717, 1.165) is 31.7 Å². The van der Waals surface area contributed by atoms with Crippen LogP contribution in [0, 0.1) is 0 Å². The Morgan fingerprint density at radius 3 is 3.11 bits per heavy atom. The average Bonchev–Trinajstić information content (AvgIpc) is 3.06. The van der Waals surface area contributed by atoms with Crippen molar-refractivity contribution in [2.75, 3.05) is 25.9 Å². The monoisotopic (exact) mass is 318 g/mol. The number of carbonyl (C=O) groups is 1. The fourth-order valence-corrected chi connectivity index (χ4v) is 5.08. The molecule has 106 valence electrons. The zero-order valence-corrected chi connectivity index (χ0v) is 13.4. The van der Waals surface area contributed by atoms with E-state index < -0.39 is 0 Å². The molecule has 0 spiro atoms. The molecule has 1 amide bonds. The van der Waals surface area contributed by atoms with Gasteiger partial charge in [0.15, 0.2) is 0 Å². The summed E-state index contributed by atoms with van der Waals surface area (Å²) < 4.78 is 0.